The molecule has 0 radical (unpaired) electrons. The van der Waals surface area contributed by atoms with Crippen molar-refractivity contribution in [3.8, 4) is 0 Å². The smallest absolute Gasteiger partial charge is 0.335 e. The van der Waals surface area contributed by atoms with E-state index in [0.29, 0.717) is 16.6 Å². The number of aromatic carboxylic acids is 1. The number of aryl methyl sites for hydroxylation is 1. The van der Waals surface area contributed by atoms with Crippen molar-refractivity contribution in [2.24, 2.45) is 0 Å². The van der Waals surface area contributed by atoms with Crippen LogP contribution in [0.4, 0.5) is 0 Å². The van der Waals surface area contributed by atoms with Crippen molar-refractivity contribution in [3.05, 3.63) is 70.9 Å². The topological polar surface area (TPSA) is 70.2 Å². The van der Waals surface area contributed by atoms with E-state index in [1.54, 1.807) is 30.3 Å². The van der Waals surface area contributed by atoms with E-state index in [1.165, 1.54) is 6.07 Å². The summed E-state index contributed by atoms with van der Waals surface area (Å²) in [5.41, 5.74) is 3.10. The molecule has 0 saturated heterocycles. The van der Waals surface area contributed by atoms with E-state index in [2.05, 4.69) is 4.98 Å². The van der Waals surface area contributed by atoms with Gasteiger partial charge in [-0.25, -0.2) is 4.79 Å². The van der Waals surface area contributed by atoms with Crippen LogP contribution in [-0.4, -0.2) is 21.8 Å². The molecule has 0 aliphatic rings. The summed E-state index contributed by atoms with van der Waals surface area (Å²) in [4.78, 5) is 26.4. The first-order chi connectivity index (χ1) is 10.0. The predicted octanol–water partition coefficient (Wildman–Crippen LogP) is 3.41. The summed E-state index contributed by atoms with van der Waals surface area (Å²) < 4.78 is 0. The Balaban J connectivity index is 2.02. The Morgan fingerprint density at radius 1 is 0.952 bits per heavy atom. The molecule has 1 aromatic heterocycles. The number of fused-ring (bicyclic) bond motifs is 1. The summed E-state index contributed by atoms with van der Waals surface area (Å²) in [6.45, 7) is 1.96. The lowest BCUT2D eigenvalue weighted by Gasteiger charge is -1.98. The van der Waals surface area contributed by atoms with Crippen molar-refractivity contribution < 1.29 is 14.7 Å². The fourth-order valence-corrected chi connectivity index (χ4v) is 2.25. The van der Waals surface area contributed by atoms with Crippen LogP contribution in [0, 0.1) is 6.92 Å². The molecule has 21 heavy (non-hydrogen) atoms. The molecule has 0 atom stereocenters. The molecule has 3 aromatic rings. The minimum Gasteiger partial charge on any atom is -0.478 e. The number of aromatic amines is 1. The maximum atomic E-state index is 12.4. The molecule has 0 saturated carbocycles. The summed E-state index contributed by atoms with van der Waals surface area (Å²) >= 11 is 0. The summed E-state index contributed by atoms with van der Waals surface area (Å²) in [6.07, 6.45) is 0. The van der Waals surface area contributed by atoms with Gasteiger partial charge in [-0.1, -0.05) is 29.8 Å². The Kier molecular flexibility index (Phi) is 3.06. The highest BCUT2D eigenvalue weighted by Gasteiger charge is 2.13. The van der Waals surface area contributed by atoms with E-state index in [1.807, 2.05) is 19.1 Å². The average Bonchev–Trinajstić information content (AvgIpc) is 2.90. The van der Waals surface area contributed by atoms with Gasteiger partial charge in [0.25, 0.3) is 0 Å². The fourth-order valence-electron chi connectivity index (χ4n) is 2.25. The highest BCUT2D eigenvalue weighted by atomic mass is 16.4. The van der Waals surface area contributed by atoms with Gasteiger partial charge in [-0.2, -0.15) is 0 Å². The van der Waals surface area contributed by atoms with Gasteiger partial charge in [-0.15, -0.1) is 0 Å². The molecule has 2 N–H and O–H groups in total. The first kappa shape index (κ1) is 13.1. The van der Waals surface area contributed by atoms with Crippen LogP contribution in [0.15, 0.2) is 48.5 Å². The Hall–Kier alpha value is -2.88. The van der Waals surface area contributed by atoms with E-state index >= 15 is 0 Å². The second-order valence-electron chi connectivity index (χ2n) is 4.99. The zero-order valence-electron chi connectivity index (χ0n) is 11.4. The molecule has 0 bridgehead atoms. The number of H-pyrrole nitrogens is 1. The highest BCUT2D eigenvalue weighted by Crippen LogP contribution is 2.19. The van der Waals surface area contributed by atoms with Gasteiger partial charge < -0.3 is 10.1 Å². The normalized spacial score (nSPS) is 10.7. The first-order valence-electron chi connectivity index (χ1n) is 6.52. The number of nitrogens with one attached hydrogen (secondary N) is 1. The Morgan fingerprint density at radius 2 is 1.62 bits per heavy atom. The van der Waals surface area contributed by atoms with Crippen molar-refractivity contribution in [2.45, 2.75) is 6.92 Å². The van der Waals surface area contributed by atoms with Crippen LogP contribution >= 0.6 is 0 Å². The SMILES string of the molecule is Cc1ccc(C(=O)c2cc3cc(C(=O)O)ccc3[nH]2)cc1. The predicted molar refractivity (Wildman–Crippen MR) is 79.9 cm³/mol. The summed E-state index contributed by atoms with van der Waals surface area (Å²) in [6, 6.07) is 13.8. The first-order valence-corrected chi connectivity index (χ1v) is 6.52. The number of hydrogen-bond acceptors (Lipinski definition) is 2. The van der Waals surface area contributed by atoms with Crippen LogP contribution in [-0.2, 0) is 0 Å². The highest BCUT2D eigenvalue weighted by molar-refractivity contribution is 6.10. The summed E-state index contributed by atoms with van der Waals surface area (Å²) in [5, 5.41) is 9.70. The number of benzene rings is 2. The Labute approximate surface area is 121 Å². The number of carboxylic acids is 1. The van der Waals surface area contributed by atoms with Gasteiger partial charge in [0, 0.05) is 16.5 Å². The zero-order valence-corrected chi connectivity index (χ0v) is 11.4. The van der Waals surface area contributed by atoms with Gasteiger partial charge in [0.05, 0.1) is 11.3 Å². The maximum Gasteiger partial charge on any atom is 0.335 e. The molecular formula is C17H13NO3. The lowest BCUT2D eigenvalue weighted by Crippen LogP contribution is -2.01. The Morgan fingerprint density at radius 3 is 2.29 bits per heavy atom. The van der Waals surface area contributed by atoms with Gasteiger partial charge in [0.15, 0.2) is 0 Å². The van der Waals surface area contributed by atoms with Crippen molar-refractivity contribution in [2.75, 3.05) is 0 Å². The standard InChI is InChI=1S/C17H13NO3/c1-10-2-4-11(5-3-10)16(19)15-9-13-8-12(17(20)21)6-7-14(13)18-15/h2-9,18H,1H3,(H,20,21). The van der Waals surface area contributed by atoms with Crippen LogP contribution < -0.4 is 0 Å². The monoisotopic (exact) mass is 279 g/mol. The molecule has 1 heterocycles. The number of ketones is 1. The third-order valence-corrected chi connectivity index (χ3v) is 3.43. The van der Waals surface area contributed by atoms with Crippen molar-refractivity contribution in [1.29, 1.82) is 0 Å². The van der Waals surface area contributed by atoms with Crippen LogP contribution in [0.3, 0.4) is 0 Å². The van der Waals surface area contributed by atoms with Gasteiger partial charge in [0.2, 0.25) is 5.78 Å². The van der Waals surface area contributed by atoms with E-state index in [9.17, 15) is 9.59 Å². The quantitative estimate of drug-likeness (QED) is 0.722. The van der Waals surface area contributed by atoms with E-state index in [-0.39, 0.29) is 11.3 Å². The molecule has 0 aliphatic carbocycles. The molecule has 4 heteroatoms. The molecule has 104 valence electrons. The van der Waals surface area contributed by atoms with Crippen molar-refractivity contribution >= 4 is 22.7 Å². The minimum atomic E-state index is -0.982. The van der Waals surface area contributed by atoms with Gasteiger partial charge in [-0.3, -0.25) is 4.79 Å². The molecule has 3 rings (SSSR count). The lowest BCUT2D eigenvalue weighted by molar-refractivity contribution is 0.0697. The minimum absolute atomic E-state index is 0.108. The largest absolute Gasteiger partial charge is 0.478 e. The van der Waals surface area contributed by atoms with Crippen LogP contribution in [0.25, 0.3) is 10.9 Å². The molecule has 4 nitrogen and oxygen atoms in total. The molecule has 2 aromatic carbocycles. The molecular weight excluding hydrogens is 266 g/mol. The van der Waals surface area contributed by atoms with Gasteiger partial charge >= 0.3 is 5.97 Å². The molecule has 0 fully saturated rings. The second-order valence-corrected chi connectivity index (χ2v) is 4.99. The number of carbonyl (C=O) groups is 2. The van der Waals surface area contributed by atoms with Crippen LogP contribution in [0.5, 0.6) is 0 Å². The second kappa shape index (κ2) is 4.90. The van der Waals surface area contributed by atoms with E-state index in [4.69, 9.17) is 5.11 Å². The number of carboxylic acid groups (broad SMARTS) is 1. The van der Waals surface area contributed by atoms with Crippen molar-refractivity contribution in [3.63, 3.8) is 0 Å². The third-order valence-electron chi connectivity index (χ3n) is 3.43. The molecule has 0 amide bonds. The van der Waals surface area contributed by atoms with Crippen LogP contribution in [0.1, 0.15) is 32.0 Å². The van der Waals surface area contributed by atoms with Gasteiger partial charge in [0.1, 0.15) is 0 Å². The zero-order chi connectivity index (χ0) is 15.0. The molecule has 0 spiro atoms. The number of aromatic nitrogens is 1. The summed E-state index contributed by atoms with van der Waals surface area (Å²) in [5.74, 6) is -1.09. The molecule has 0 unspecified atom stereocenters. The lowest BCUT2D eigenvalue weighted by atomic mass is 10.1. The van der Waals surface area contributed by atoms with E-state index in [0.717, 1.165) is 11.1 Å². The number of hydrogen-bond donors (Lipinski definition) is 2. The average molecular weight is 279 g/mol. The molecule has 0 aliphatic heterocycles. The Bertz CT molecular complexity index is 844. The van der Waals surface area contributed by atoms with Crippen LogP contribution in [0.2, 0.25) is 0 Å². The van der Waals surface area contributed by atoms with Crippen molar-refractivity contribution in [1.82, 2.24) is 4.98 Å². The summed E-state index contributed by atoms with van der Waals surface area (Å²) in [7, 11) is 0. The van der Waals surface area contributed by atoms with Gasteiger partial charge in [-0.05, 0) is 31.2 Å². The van der Waals surface area contributed by atoms with E-state index < -0.39 is 5.97 Å². The number of rotatable bonds is 3. The number of carbonyl (C=O) groups excluding carboxylic acids is 1. The third kappa shape index (κ3) is 2.43. The maximum absolute atomic E-state index is 12.4. The fraction of sp³-hybridized carbons (Fsp3) is 0.0588.